The highest BCUT2D eigenvalue weighted by molar-refractivity contribution is 6.42. The Hall–Kier alpha value is -2.96. The van der Waals surface area contributed by atoms with E-state index < -0.39 is 5.97 Å². The van der Waals surface area contributed by atoms with E-state index >= 15 is 0 Å². The number of fused-ring (bicyclic) bond motifs is 2. The van der Waals surface area contributed by atoms with Gasteiger partial charge in [-0.05, 0) is 48.2 Å². The monoisotopic (exact) mass is 453 g/mol. The Morgan fingerprint density at radius 1 is 1.06 bits per heavy atom. The number of carbonyl (C=O) groups excluding carboxylic acids is 1. The molecule has 0 amide bonds. The highest BCUT2D eigenvalue weighted by Crippen LogP contribution is 2.44. The fourth-order valence-electron chi connectivity index (χ4n) is 4.40. The Balaban J connectivity index is 1.67. The van der Waals surface area contributed by atoms with Gasteiger partial charge in [-0.1, -0.05) is 41.4 Å². The molecular formula is C23H17Cl2N3O3. The maximum absolute atomic E-state index is 12.9. The van der Waals surface area contributed by atoms with Crippen LogP contribution in [0.25, 0.3) is 11.1 Å². The number of carboxylic acids is 1. The minimum absolute atomic E-state index is 0.148. The number of ketones is 1. The zero-order chi connectivity index (χ0) is 21.7. The zero-order valence-electron chi connectivity index (χ0n) is 16.3. The summed E-state index contributed by atoms with van der Waals surface area (Å²) in [5.74, 6) is -0.567. The van der Waals surface area contributed by atoms with Crippen LogP contribution in [0.1, 0.15) is 41.2 Å². The second-order valence-electron chi connectivity index (χ2n) is 7.73. The van der Waals surface area contributed by atoms with E-state index in [4.69, 9.17) is 33.3 Å². The third-order valence-corrected chi connectivity index (χ3v) is 6.63. The summed E-state index contributed by atoms with van der Waals surface area (Å²) < 4.78 is 1.78. The zero-order valence-corrected chi connectivity index (χ0v) is 17.8. The first-order valence-corrected chi connectivity index (χ1v) is 10.7. The molecule has 5 rings (SSSR count). The Kier molecular flexibility index (Phi) is 4.91. The van der Waals surface area contributed by atoms with Gasteiger partial charge >= 0.3 is 5.97 Å². The number of aliphatic imine (C=N–C) groups is 1. The van der Waals surface area contributed by atoms with Crippen LogP contribution >= 0.6 is 23.2 Å². The molecule has 2 aromatic carbocycles. The first kappa shape index (κ1) is 20.0. The fraction of sp³-hybridized carbons (Fsp3) is 0.217. The molecule has 1 aromatic heterocycles. The lowest BCUT2D eigenvalue weighted by Crippen LogP contribution is -2.39. The molecule has 2 aliphatic rings. The molecule has 2 heterocycles. The van der Waals surface area contributed by atoms with Gasteiger partial charge < -0.3 is 5.11 Å². The topological polar surface area (TPSA) is 84.5 Å². The Labute approximate surface area is 188 Å². The number of benzene rings is 2. The van der Waals surface area contributed by atoms with Crippen LogP contribution in [0.5, 0.6) is 0 Å². The molecule has 3 aromatic rings. The second kappa shape index (κ2) is 7.62. The molecule has 1 aliphatic carbocycles. The number of nitrogens with zero attached hydrogens (tertiary/aromatic N) is 3. The van der Waals surface area contributed by atoms with Crippen LogP contribution in [0, 0.1) is 5.92 Å². The first-order chi connectivity index (χ1) is 14.9. The predicted octanol–water partition coefficient (Wildman–Crippen LogP) is 5.60. The summed E-state index contributed by atoms with van der Waals surface area (Å²) in [6.45, 7) is 0. The van der Waals surface area contributed by atoms with E-state index in [1.807, 2.05) is 6.07 Å². The van der Waals surface area contributed by atoms with Crippen LogP contribution in [0.3, 0.4) is 0 Å². The average molecular weight is 454 g/mol. The fourth-order valence-corrected chi connectivity index (χ4v) is 4.70. The third-order valence-electron chi connectivity index (χ3n) is 5.89. The van der Waals surface area contributed by atoms with Crippen molar-refractivity contribution in [2.24, 2.45) is 10.9 Å². The molecule has 0 saturated heterocycles. The van der Waals surface area contributed by atoms with Gasteiger partial charge in [-0.15, -0.1) is 0 Å². The Bertz CT molecular complexity index is 1250. The van der Waals surface area contributed by atoms with Crippen molar-refractivity contribution in [3.05, 3.63) is 69.8 Å². The van der Waals surface area contributed by atoms with Crippen molar-refractivity contribution in [2.45, 2.75) is 25.3 Å². The van der Waals surface area contributed by atoms with E-state index in [0.717, 1.165) is 35.2 Å². The highest BCUT2D eigenvalue weighted by Gasteiger charge is 2.42. The van der Waals surface area contributed by atoms with E-state index in [1.165, 1.54) is 0 Å². The SMILES string of the molecule is O=C(O)c1ccc(-c2cnn3c2N=C2CCCC(=O)C2C3c2ccc(Cl)c(Cl)c2)cc1. The number of hydrogen-bond acceptors (Lipinski definition) is 4. The minimum Gasteiger partial charge on any atom is -0.478 e. The largest absolute Gasteiger partial charge is 0.478 e. The van der Waals surface area contributed by atoms with Gasteiger partial charge in [0.1, 0.15) is 5.78 Å². The molecule has 6 nitrogen and oxygen atoms in total. The summed E-state index contributed by atoms with van der Waals surface area (Å²) in [6, 6.07) is 11.6. The number of Topliss-reactive ketones (excluding diaryl/α,β-unsaturated/α-hetero) is 1. The quantitative estimate of drug-likeness (QED) is 0.559. The van der Waals surface area contributed by atoms with E-state index in [2.05, 4.69) is 5.10 Å². The number of carboxylic acid groups (broad SMARTS) is 1. The van der Waals surface area contributed by atoms with Crippen molar-refractivity contribution in [3.8, 4) is 11.1 Å². The van der Waals surface area contributed by atoms with E-state index in [1.54, 1.807) is 47.3 Å². The van der Waals surface area contributed by atoms with Crippen LogP contribution in [0.2, 0.25) is 10.0 Å². The third kappa shape index (κ3) is 3.36. The molecule has 156 valence electrons. The molecule has 2 unspecified atom stereocenters. The standard InChI is InChI=1S/C23H17Cl2N3O3/c24-16-9-8-14(10-17(16)25)21-20-18(2-1-3-19(20)29)27-22-15(11-26-28(21)22)12-4-6-13(7-5-12)23(30)31/h4-11,20-21H,1-3H2,(H,30,31). The molecule has 1 aliphatic heterocycles. The van der Waals surface area contributed by atoms with Crippen LogP contribution in [-0.4, -0.2) is 32.4 Å². The normalized spacial score (nSPS) is 20.1. The lowest BCUT2D eigenvalue weighted by atomic mass is 9.77. The summed E-state index contributed by atoms with van der Waals surface area (Å²) in [7, 11) is 0. The number of halogens is 2. The van der Waals surface area contributed by atoms with Crippen molar-refractivity contribution < 1.29 is 14.7 Å². The summed E-state index contributed by atoms with van der Waals surface area (Å²) in [4.78, 5) is 28.9. The van der Waals surface area contributed by atoms with Crippen LogP contribution in [0.4, 0.5) is 5.82 Å². The summed E-state index contributed by atoms with van der Waals surface area (Å²) >= 11 is 12.4. The van der Waals surface area contributed by atoms with Crippen LogP contribution in [-0.2, 0) is 4.79 Å². The minimum atomic E-state index is -0.980. The molecule has 0 spiro atoms. The van der Waals surface area contributed by atoms with Gasteiger partial charge in [0, 0.05) is 17.7 Å². The predicted molar refractivity (Wildman–Crippen MR) is 119 cm³/mol. The Morgan fingerprint density at radius 2 is 1.84 bits per heavy atom. The van der Waals surface area contributed by atoms with Gasteiger partial charge in [0.05, 0.1) is 33.8 Å². The molecular weight excluding hydrogens is 437 g/mol. The van der Waals surface area contributed by atoms with Crippen LogP contribution < -0.4 is 0 Å². The van der Waals surface area contributed by atoms with Crippen molar-refractivity contribution >= 4 is 46.5 Å². The number of hydrogen-bond donors (Lipinski definition) is 1. The number of aromatic nitrogens is 2. The second-order valence-corrected chi connectivity index (χ2v) is 8.54. The highest BCUT2D eigenvalue weighted by atomic mass is 35.5. The van der Waals surface area contributed by atoms with Gasteiger partial charge in [-0.2, -0.15) is 5.10 Å². The lowest BCUT2D eigenvalue weighted by molar-refractivity contribution is -0.122. The van der Waals surface area contributed by atoms with Gasteiger partial charge in [0.15, 0.2) is 5.82 Å². The van der Waals surface area contributed by atoms with E-state index in [-0.39, 0.29) is 23.3 Å². The molecule has 1 N–H and O–H groups in total. The molecule has 1 saturated carbocycles. The van der Waals surface area contributed by atoms with E-state index in [9.17, 15) is 9.59 Å². The first-order valence-electron chi connectivity index (χ1n) is 9.90. The molecule has 31 heavy (non-hydrogen) atoms. The molecule has 8 heteroatoms. The van der Waals surface area contributed by atoms with Gasteiger partial charge in [-0.25, -0.2) is 14.5 Å². The van der Waals surface area contributed by atoms with Crippen molar-refractivity contribution in [1.29, 1.82) is 0 Å². The van der Waals surface area contributed by atoms with Crippen LogP contribution in [0.15, 0.2) is 53.7 Å². The van der Waals surface area contributed by atoms with Gasteiger partial charge in [0.2, 0.25) is 0 Å². The maximum atomic E-state index is 12.9. The molecule has 1 fully saturated rings. The molecule has 0 bridgehead atoms. The van der Waals surface area contributed by atoms with Gasteiger partial charge in [-0.3, -0.25) is 4.79 Å². The number of rotatable bonds is 3. The molecule has 2 atom stereocenters. The summed E-state index contributed by atoms with van der Waals surface area (Å²) in [5, 5.41) is 14.6. The number of carbonyl (C=O) groups is 2. The lowest BCUT2D eigenvalue weighted by Gasteiger charge is -2.35. The summed E-state index contributed by atoms with van der Waals surface area (Å²) in [6.07, 6.45) is 3.75. The van der Waals surface area contributed by atoms with E-state index in [0.29, 0.717) is 22.3 Å². The van der Waals surface area contributed by atoms with Gasteiger partial charge in [0.25, 0.3) is 0 Å². The van der Waals surface area contributed by atoms with Crippen molar-refractivity contribution in [3.63, 3.8) is 0 Å². The summed E-state index contributed by atoms with van der Waals surface area (Å²) in [5.41, 5.74) is 3.50. The average Bonchev–Trinajstić information content (AvgIpc) is 3.18. The van der Waals surface area contributed by atoms with Crippen molar-refractivity contribution in [1.82, 2.24) is 9.78 Å². The smallest absolute Gasteiger partial charge is 0.335 e. The maximum Gasteiger partial charge on any atom is 0.335 e. The number of aromatic carboxylic acids is 1. The molecule has 0 radical (unpaired) electrons. The Morgan fingerprint density at radius 3 is 2.55 bits per heavy atom. The van der Waals surface area contributed by atoms with Crippen molar-refractivity contribution in [2.75, 3.05) is 0 Å².